The lowest BCUT2D eigenvalue weighted by atomic mass is 10.1. The van der Waals surface area contributed by atoms with E-state index >= 15 is 0 Å². The first-order valence-corrected chi connectivity index (χ1v) is 7.02. The predicted octanol–water partition coefficient (Wildman–Crippen LogP) is 4.85. The summed E-state index contributed by atoms with van der Waals surface area (Å²) in [6.45, 7) is 0. The summed E-state index contributed by atoms with van der Waals surface area (Å²) >= 11 is 3.46. The molecular weight excluding hydrogens is 319 g/mol. The van der Waals surface area contributed by atoms with Crippen LogP contribution in [0.2, 0.25) is 0 Å². The van der Waals surface area contributed by atoms with E-state index in [9.17, 15) is 4.39 Å². The van der Waals surface area contributed by atoms with Crippen LogP contribution in [0.3, 0.4) is 0 Å². The molecule has 0 saturated carbocycles. The molecule has 0 aliphatic carbocycles. The van der Waals surface area contributed by atoms with Gasteiger partial charge in [-0.15, -0.1) is 0 Å². The lowest BCUT2D eigenvalue weighted by Crippen LogP contribution is -1.96. The molecule has 2 aromatic carbocycles. The number of nitrogens with zero attached hydrogens (tertiary/aromatic N) is 1. The predicted molar refractivity (Wildman–Crippen MR) is 84.4 cm³/mol. The third-order valence-electron chi connectivity index (χ3n) is 3.20. The smallest absolute Gasteiger partial charge is 0.149 e. The molecule has 1 aromatic heterocycles. The highest BCUT2D eigenvalue weighted by molar-refractivity contribution is 9.10. The molecule has 0 radical (unpaired) electrons. The Morgan fingerprint density at radius 3 is 2.55 bits per heavy atom. The number of pyridine rings is 1. The van der Waals surface area contributed by atoms with Crippen LogP contribution in [0.25, 0.3) is 22.2 Å². The summed E-state index contributed by atoms with van der Waals surface area (Å²) in [7, 11) is 1.82. The molecule has 1 heterocycles. The van der Waals surface area contributed by atoms with Gasteiger partial charge in [0.1, 0.15) is 11.3 Å². The van der Waals surface area contributed by atoms with Gasteiger partial charge in [0.15, 0.2) is 0 Å². The van der Waals surface area contributed by atoms with E-state index in [1.165, 1.54) is 6.07 Å². The van der Waals surface area contributed by atoms with Gasteiger partial charge in [-0.25, -0.2) is 9.37 Å². The van der Waals surface area contributed by atoms with E-state index in [4.69, 9.17) is 0 Å². The number of hydrogen-bond donors (Lipinski definition) is 1. The number of halogens is 2. The van der Waals surface area contributed by atoms with Crippen molar-refractivity contribution in [2.45, 2.75) is 0 Å². The number of hydrogen-bond acceptors (Lipinski definition) is 2. The zero-order chi connectivity index (χ0) is 14.1. The molecule has 3 rings (SSSR count). The molecule has 0 unspecified atom stereocenters. The summed E-state index contributed by atoms with van der Waals surface area (Å²) in [5.74, 6) is -0.322. The van der Waals surface area contributed by atoms with Crippen molar-refractivity contribution in [3.63, 3.8) is 0 Å². The SMILES string of the molecule is CNc1cc(-c2ccccc2)nc2c(F)ccc(Br)c12. The molecule has 3 aromatic rings. The van der Waals surface area contributed by atoms with Gasteiger partial charge in [0, 0.05) is 28.2 Å². The highest BCUT2D eigenvalue weighted by Crippen LogP contribution is 2.34. The summed E-state index contributed by atoms with van der Waals surface area (Å²) in [6.07, 6.45) is 0. The number of nitrogens with one attached hydrogen (secondary N) is 1. The zero-order valence-corrected chi connectivity index (χ0v) is 12.4. The molecule has 0 bridgehead atoms. The van der Waals surface area contributed by atoms with Gasteiger partial charge in [-0.05, 0) is 18.2 Å². The molecule has 0 fully saturated rings. The van der Waals surface area contributed by atoms with Crippen molar-refractivity contribution >= 4 is 32.5 Å². The number of rotatable bonds is 2. The van der Waals surface area contributed by atoms with E-state index in [1.807, 2.05) is 43.4 Å². The molecule has 20 heavy (non-hydrogen) atoms. The minimum Gasteiger partial charge on any atom is -0.387 e. The van der Waals surface area contributed by atoms with Crippen molar-refractivity contribution < 1.29 is 4.39 Å². The lowest BCUT2D eigenvalue weighted by molar-refractivity contribution is 0.637. The summed E-state index contributed by atoms with van der Waals surface area (Å²) in [5, 5.41) is 3.87. The molecule has 100 valence electrons. The van der Waals surface area contributed by atoms with E-state index in [-0.39, 0.29) is 5.82 Å². The maximum atomic E-state index is 14.1. The van der Waals surface area contributed by atoms with Gasteiger partial charge in [-0.1, -0.05) is 46.3 Å². The van der Waals surface area contributed by atoms with Crippen LogP contribution in [0.4, 0.5) is 10.1 Å². The van der Waals surface area contributed by atoms with Crippen LogP contribution in [-0.2, 0) is 0 Å². The quantitative estimate of drug-likeness (QED) is 0.726. The van der Waals surface area contributed by atoms with Crippen LogP contribution in [-0.4, -0.2) is 12.0 Å². The van der Waals surface area contributed by atoms with Crippen LogP contribution in [0.15, 0.2) is 53.0 Å². The van der Waals surface area contributed by atoms with Gasteiger partial charge in [-0.3, -0.25) is 0 Å². The standard InChI is InChI=1S/C16H12BrFN2/c1-19-14-9-13(10-5-3-2-4-6-10)20-16-12(18)8-7-11(17)15(14)16/h2-9H,1H3,(H,19,20). The monoisotopic (exact) mass is 330 g/mol. The fourth-order valence-electron chi connectivity index (χ4n) is 2.22. The Morgan fingerprint density at radius 1 is 1.10 bits per heavy atom. The number of anilines is 1. The molecule has 0 aliphatic heterocycles. The van der Waals surface area contributed by atoms with Gasteiger partial charge < -0.3 is 5.32 Å². The van der Waals surface area contributed by atoms with Crippen LogP contribution < -0.4 is 5.32 Å². The van der Waals surface area contributed by atoms with E-state index in [0.717, 1.165) is 26.8 Å². The second kappa shape index (κ2) is 5.21. The van der Waals surface area contributed by atoms with Crippen LogP contribution in [0.5, 0.6) is 0 Å². The average molecular weight is 331 g/mol. The number of fused-ring (bicyclic) bond motifs is 1. The Balaban J connectivity index is 2.35. The largest absolute Gasteiger partial charge is 0.387 e. The highest BCUT2D eigenvalue weighted by Gasteiger charge is 2.12. The first kappa shape index (κ1) is 13.1. The first-order valence-electron chi connectivity index (χ1n) is 6.22. The first-order chi connectivity index (χ1) is 9.70. The highest BCUT2D eigenvalue weighted by atomic mass is 79.9. The average Bonchev–Trinajstić information content (AvgIpc) is 2.51. The number of benzene rings is 2. The molecule has 0 amide bonds. The maximum Gasteiger partial charge on any atom is 0.149 e. The summed E-state index contributed by atoms with van der Waals surface area (Å²) in [4.78, 5) is 4.47. The van der Waals surface area contributed by atoms with Gasteiger partial charge in [0.2, 0.25) is 0 Å². The molecule has 2 nitrogen and oxygen atoms in total. The molecule has 4 heteroatoms. The molecule has 0 atom stereocenters. The Morgan fingerprint density at radius 2 is 1.85 bits per heavy atom. The maximum absolute atomic E-state index is 14.1. The molecule has 0 saturated heterocycles. The molecule has 0 aliphatic rings. The lowest BCUT2D eigenvalue weighted by Gasteiger charge is -2.11. The molecule has 1 N–H and O–H groups in total. The Hall–Kier alpha value is -1.94. The van der Waals surface area contributed by atoms with Crippen molar-refractivity contribution in [3.8, 4) is 11.3 Å². The van der Waals surface area contributed by atoms with Crippen molar-refractivity contribution in [2.75, 3.05) is 12.4 Å². The van der Waals surface area contributed by atoms with Gasteiger partial charge in [0.25, 0.3) is 0 Å². The Labute approximate surface area is 124 Å². The fourth-order valence-corrected chi connectivity index (χ4v) is 2.76. The zero-order valence-electron chi connectivity index (χ0n) is 10.8. The van der Waals surface area contributed by atoms with Gasteiger partial charge >= 0.3 is 0 Å². The topological polar surface area (TPSA) is 24.9 Å². The van der Waals surface area contributed by atoms with E-state index in [2.05, 4.69) is 26.2 Å². The minimum atomic E-state index is -0.322. The van der Waals surface area contributed by atoms with Crippen LogP contribution in [0, 0.1) is 5.82 Å². The van der Waals surface area contributed by atoms with Crippen LogP contribution in [0.1, 0.15) is 0 Å². The Kier molecular flexibility index (Phi) is 3.40. The van der Waals surface area contributed by atoms with Crippen molar-refractivity contribution in [1.29, 1.82) is 0 Å². The minimum absolute atomic E-state index is 0.322. The third kappa shape index (κ3) is 2.16. The van der Waals surface area contributed by atoms with E-state index in [1.54, 1.807) is 6.07 Å². The number of aromatic nitrogens is 1. The third-order valence-corrected chi connectivity index (χ3v) is 3.86. The van der Waals surface area contributed by atoms with Crippen LogP contribution >= 0.6 is 15.9 Å². The molecule has 0 spiro atoms. The fraction of sp³-hybridized carbons (Fsp3) is 0.0625. The van der Waals surface area contributed by atoms with Crippen molar-refractivity contribution in [1.82, 2.24) is 4.98 Å². The second-order valence-corrected chi connectivity index (χ2v) is 5.28. The van der Waals surface area contributed by atoms with Crippen molar-refractivity contribution in [3.05, 3.63) is 58.8 Å². The van der Waals surface area contributed by atoms with Gasteiger partial charge in [0.05, 0.1) is 5.69 Å². The summed E-state index contributed by atoms with van der Waals surface area (Å²) < 4.78 is 14.9. The van der Waals surface area contributed by atoms with Gasteiger partial charge in [-0.2, -0.15) is 0 Å². The summed E-state index contributed by atoms with van der Waals surface area (Å²) in [5.41, 5.74) is 2.93. The van der Waals surface area contributed by atoms with E-state index in [0.29, 0.717) is 5.52 Å². The second-order valence-electron chi connectivity index (χ2n) is 4.42. The molecular formula is C16H12BrFN2. The van der Waals surface area contributed by atoms with E-state index < -0.39 is 0 Å². The van der Waals surface area contributed by atoms with Crippen molar-refractivity contribution in [2.24, 2.45) is 0 Å². The Bertz CT molecular complexity index is 772. The normalized spacial score (nSPS) is 10.8. The summed E-state index contributed by atoms with van der Waals surface area (Å²) in [6, 6.07) is 14.8.